The average molecular weight is 359 g/mol. The highest BCUT2D eigenvalue weighted by atomic mass is 79.9. The van der Waals surface area contributed by atoms with Gasteiger partial charge in [-0.3, -0.25) is 0 Å². The van der Waals surface area contributed by atoms with E-state index in [-0.39, 0.29) is 6.04 Å². The number of rotatable bonds is 3. The van der Waals surface area contributed by atoms with Crippen LogP contribution in [0.3, 0.4) is 0 Å². The Balaban J connectivity index is 2.19. The molecule has 1 unspecified atom stereocenters. The first-order valence-electron chi connectivity index (χ1n) is 6.17. The van der Waals surface area contributed by atoms with Crippen LogP contribution in [0.1, 0.15) is 18.4 Å². The average Bonchev–Trinajstić information content (AvgIpc) is 2.36. The van der Waals surface area contributed by atoms with E-state index in [9.17, 15) is 13.7 Å². The van der Waals surface area contributed by atoms with Crippen LogP contribution in [0.5, 0.6) is 0 Å². The third-order valence-electron chi connectivity index (χ3n) is 3.06. The van der Waals surface area contributed by atoms with E-state index < -0.39 is 10.0 Å². The van der Waals surface area contributed by atoms with Gasteiger partial charge in [-0.15, -0.1) is 0 Å². The predicted octanol–water partition coefficient (Wildman–Crippen LogP) is 1.23. The molecular weight excluding hydrogens is 344 g/mol. The van der Waals surface area contributed by atoms with Gasteiger partial charge in [-0.05, 0) is 34.8 Å². The molecule has 20 heavy (non-hydrogen) atoms. The van der Waals surface area contributed by atoms with Gasteiger partial charge in [-0.25, -0.2) is 18.1 Å². The second-order valence-electron chi connectivity index (χ2n) is 4.81. The molecule has 1 atom stereocenters. The van der Waals surface area contributed by atoms with Gasteiger partial charge < -0.3 is 4.90 Å². The molecule has 1 saturated heterocycles. The monoisotopic (exact) mass is 358 g/mol. The molecule has 1 aliphatic rings. The van der Waals surface area contributed by atoms with Crippen molar-refractivity contribution in [1.82, 2.24) is 9.71 Å². The maximum atomic E-state index is 11.3. The molecule has 2 heterocycles. The lowest BCUT2D eigenvalue weighted by molar-refractivity contribution is 0.465. The van der Waals surface area contributed by atoms with Crippen molar-refractivity contribution >= 4 is 31.8 Å². The number of hydrogen-bond donors (Lipinski definition) is 1. The standard InChI is InChI=1S/C12H15BrN4O2S/c1-20(18,19)16-11-3-2-4-17(8-11)12-9(6-14)5-10(13)7-15-12/h5,7,11,16H,2-4,8H2,1H3. The number of sulfonamides is 1. The number of halogens is 1. The van der Waals surface area contributed by atoms with Crippen molar-refractivity contribution in [3.8, 4) is 6.07 Å². The van der Waals surface area contributed by atoms with Crippen LogP contribution in [0, 0.1) is 11.3 Å². The topological polar surface area (TPSA) is 86.1 Å². The molecule has 6 nitrogen and oxygen atoms in total. The van der Waals surface area contributed by atoms with Crippen molar-refractivity contribution in [2.75, 3.05) is 24.2 Å². The third-order valence-corrected chi connectivity index (χ3v) is 4.25. The molecule has 108 valence electrons. The summed E-state index contributed by atoms with van der Waals surface area (Å²) in [6, 6.07) is 3.70. The first kappa shape index (κ1) is 15.2. The van der Waals surface area contributed by atoms with Crippen LogP contribution in [-0.4, -0.2) is 38.8 Å². The molecule has 0 aromatic carbocycles. The third kappa shape index (κ3) is 3.91. The lowest BCUT2D eigenvalue weighted by Crippen LogP contribution is -2.47. The van der Waals surface area contributed by atoms with Gasteiger partial charge in [0.05, 0.1) is 11.8 Å². The van der Waals surface area contributed by atoms with Gasteiger partial charge >= 0.3 is 0 Å². The molecule has 1 aliphatic heterocycles. The molecule has 1 aromatic heterocycles. The van der Waals surface area contributed by atoms with Crippen LogP contribution < -0.4 is 9.62 Å². The fourth-order valence-corrected chi connectivity index (χ4v) is 3.46. The highest BCUT2D eigenvalue weighted by Gasteiger charge is 2.24. The van der Waals surface area contributed by atoms with E-state index in [1.807, 2.05) is 4.90 Å². The Bertz CT molecular complexity index is 641. The number of nitrogens with one attached hydrogen (secondary N) is 1. The second kappa shape index (κ2) is 6.08. The van der Waals surface area contributed by atoms with E-state index >= 15 is 0 Å². The zero-order valence-corrected chi connectivity index (χ0v) is 13.4. The largest absolute Gasteiger partial charge is 0.354 e. The summed E-state index contributed by atoms with van der Waals surface area (Å²) in [5.74, 6) is 0.607. The van der Waals surface area contributed by atoms with Gasteiger partial charge in [0.25, 0.3) is 0 Å². The molecule has 1 N–H and O–H groups in total. The quantitative estimate of drug-likeness (QED) is 0.878. The van der Waals surface area contributed by atoms with Crippen molar-refractivity contribution in [1.29, 1.82) is 5.26 Å². The van der Waals surface area contributed by atoms with Crippen LogP contribution in [0.25, 0.3) is 0 Å². The number of nitriles is 1. The van der Waals surface area contributed by atoms with E-state index in [1.165, 1.54) is 0 Å². The zero-order chi connectivity index (χ0) is 14.8. The number of aromatic nitrogens is 1. The van der Waals surface area contributed by atoms with E-state index in [2.05, 4.69) is 31.7 Å². The first-order valence-corrected chi connectivity index (χ1v) is 8.85. The van der Waals surface area contributed by atoms with Gasteiger partial charge in [0, 0.05) is 29.8 Å². The van der Waals surface area contributed by atoms with Gasteiger partial charge in [-0.2, -0.15) is 5.26 Å². The van der Waals surface area contributed by atoms with Gasteiger partial charge in [0.1, 0.15) is 11.9 Å². The molecule has 0 radical (unpaired) electrons. The molecule has 1 aromatic rings. The van der Waals surface area contributed by atoms with Crippen molar-refractivity contribution < 1.29 is 8.42 Å². The Morgan fingerprint density at radius 1 is 1.60 bits per heavy atom. The van der Waals surface area contributed by atoms with Gasteiger partial charge in [0.15, 0.2) is 0 Å². The molecule has 2 rings (SSSR count). The molecule has 0 amide bonds. The normalized spacial score (nSPS) is 19.6. The van der Waals surface area contributed by atoms with E-state index in [1.54, 1.807) is 12.3 Å². The van der Waals surface area contributed by atoms with E-state index in [0.29, 0.717) is 17.9 Å². The van der Waals surface area contributed by atoms with Gasteiger partial charge in [-0.1, -0.05) is 0 Å². The summed E-state index contributed by atoms with van der Waals surface area (Å²) in [4.78, 5) is 6.24. The number of pyridine rings is 1. The minimum atomic E-state index is -3.22. The SMILES string of the molecule is CS(=O)(=O)NC1CCCN(c2ncc(Br)cc2C#N)C1. The number of anilines is 1. The fraction of sp³-hybridized carbons (Fsp3) is 0.500. The van der Waals surface area contributed by atoms with Crippen LogP contribution in [0.4, 0.5) is 5.82 Å². The van der Waals surface area contributed by atoms with Gasteiger partial charge in [0.2, 0.25) is 10.0 Å². The maximum Gasteiger partial charge on any atom is 0.209 e. The van der Waals surface area contributed by atoms with E-state index in [4.69, 9.17) is 0 Å². The summed E-state index contributed by atoms with van der Waals surface area (Å²) in [6.45, 7) is 1.29. The minimum Gasteiger partial charge on any atom is -0.354 e. The Labute approximate surface area is 127 Å². The molecule has 1 fully saturated rings. The first-order chi connectivity index (χ1) is 9.39. The smallest absolute Gasteiger partial charge is 0.209 e. The summed E-state index contributed by atoms with van der Waals surface area (Å²) in [5.41, 5.74) is 0.486. The predicted molar refractivity (Wildman–Crippen MR) is 79.9 cm³/mol. The molecular formula is C12H15BrN4O2S. The summed E-state index contributed by atoms with van der Waals surface area (Å²) in [7, 11) is -3.22. The lowest BCUT2D eigenvalue weighted by Gasteiger charge is -2.33. The Hall–Kier alpha value is -1.17. The van der Waals surface area contributed by atoms with Crippen LogP contribution in [-0.2, 0) is 10.0 Å². The molecule has 0 bridgehead atoms. The van der Waals surface area contributed by atoms with Crippen molar-refractivity contribution in [2.24, 2.45) is 0 Å². The highest BCUT2D eigenvalue weighted by molar-refractivity contribution is 9.10. The van der Waals surface area contributed by atoms with Crippen LogP contribution in [0.15, 0.2) is 16.7 Å². The summed E-state index contributed by atoms with van der Waals surface area (Å²) in [5, 5.41) is 9.18. The van der Waals surface area contributed by atoms with Crippen LogP contribution in [0.2, 0.25) is 0 Å². The van der Waals surface area contributed by atoms with E-state index in [0.717, 1.165) is 30.1 Å². The fourth-order valence-electron chi connectivity index (χ4n) is 2.33. The number of piperidine rings is 1. The second-order valence-corrected chi connectivity index (χ2v) is 7.51. The summed E-state index contributed by atoms with van der Waals surface area (Å²) >= 11 is 3.29. The van der Waals surface area contributed by atoms with Crippen molar-refractivity contribution in [3.63, 3.8) is 0 Å². The minimum absolute atomic E-state index is 0.143. The Morgan fingerprint density at radius 2 is 2.35 bits per heavy atom. The molecule has 8 heteroatoms. The lowest BCUT2D eigenvalue weighted by atomic mass is 10.1. The maximum absolute atomic E-state index is 11.3. The highest BCUT2D eigenvalue weighted by Crippen LogP contribution is 2.24. The van der Waals surface area contributed by atoms with Crippen molar-refractivity contribution in [2.45, 2.75) is 18.9 Å². The molecule has 0 spiro atoms. The summed E-state index contributed by atoms with van der Waals surface area (Å²) in [6.07, 6.45) is 4.45. The Kier molecular flexibility index (Phi) is 4.62. The zero-order valence-electron chi connectivity index (χ0n) is 11.0. The molecule has 0 saturated carbocycles. The Morgan fingerprint density at radius 3 is 3.00 bits per heavy atom. The van der Waals surface area contributed by atoms with Crippen LogP contribution >= 0.6 is 15.9 Å². The molecule has 0 aliphatic carbocycles. The number of hydrogen-bond acceptors (Lipinski definition) is 5. The number of nitrogens with zero attached hydrogens (tertiary/aromatic N) is 3. The summed E-state index contributed by atoms with van der Waals surface area (Å²) < 4.78 is 26.0. The van der Waals surface area contributed by atoms with Crippen molar-refractivity contribution in [3.05, 3.63) is 22.3 Å².